The van der Waals surface area contributed by atoms with Crippen LogP contribution in [0.3, 0.4) is 0 Å². The second-order valence-corrected chi connectivity index (χ2v) is 5.43. The topological polar surface area (TPSA) is 50.2 Å². The molecule has 0 atom stereocenters. The summed E-state index contributed by atoms with van der Waals surface area (Å²) in [5, 5.41) is 10.3. The number of aryl methyl sites for hydroxylation is 2. The summed E-state index contributed by atoms with van der Waals surface area (Å²) in [6.45, 7) is 9.88. The fraction of sp³-hybridized carbons (Fsp3) is 0.375. The van der Waals surface area contributed by atoms with Crippen molar-refractivity contribution in [1.82, 2.24) is 4.98 Å². The van der Waals surface area contributed by atoms with E-state index in [2.05, 4.69) is 0 Å². The molecule has 0 saturated heterocycles. The van der Waals surface area contributed by atoms with E-state index in [1.165, 1.54) is 0 Å². The highest BCUT2D eigenvalue weighted by Crippen LogP contribution is 2.29. The molecule has 3 heteroatoms. The SMILES string of the molecule is Cc1cc(C)c2nc(C(C)C)c(C)c(C(=O)O)c2c1. The number of fused-ring (bicyclic) bond motifs is 1. The number of carbonyl (C=O) groups is 1. The van der Waals surface area contributed by atoms with Crippen LogP contribution in [-0.4, -0.2) is 16.1 Å². The molecule has 0 spiro atoms. The van der Waals surface area contributed by atoms with Crippen LogP contribution in [0.4, 0.5) is 0 Å². The summed E-state index contributed by atoms with van der Waals surface area (Å²) >= 11 is 0. The van der Waals surface area contributed by atoms with E-state index in [1.807, 2.05) is 46.8 Å². The maximum Gasteiger partial charge on any atom is 0.336 e. The van der Waals surface area contributed by atoms with Crippen LogP contribution >= 0.6 is 0 Å². The highest BCUT2D eigenvalue weighted by molar-refractivity contribution is 6.05. The van der Waals surface area contributed by atoms with E-state index in [1.54, 1.807) is 0 Å². The number of benzene rings is 1. The standard InChI is InChI=1S/C16H19NO2/c1-8(2)14-11(5)13(16(18)19)12-7-9(3)6-10(4)15(12)17-14/h6-8H,1-5H3,(H,18,19). The van der Waals surface area contributed by atoms with Crippen LogP contribution < -0.4 is 0 Å². The molecular weight excluding hydrogens is 238 g/mol. The number of rotatable bonds is 2. The summed E-state index contributed by atoms with van der Waals surface area (Å²) in [4.78, 5) is 16.3. The van der Waals surface area contributed by atoms with Crippen molar-refractivity contribution in [1.29, 1.82) is 0 Å². The van der Waals surface area contributed by atoms with E-state index in [0.29, 0.717) is 5.56 Å². The highest BCUT2D eigenvalue weighted by atomic mass is 16.4. The van der Waals surface area contributed by atoms with Crippen molar-refractivity contribution in [3.05, 3.63) is 40.1 Å². The molecule has 1 heterocycles. The van der Waals surface area contributed by atoms with Crippen LogP contribution in [0.15, 0.2) is 12.1 Å². The lowest BCUT2D eigenvalue weighted by Crippen LogP contribution is -2.08. The molecule has 100 valence electrons. The van der Waals surface area contributed by atoms with Crippen molar-refractivity contribution in [3.8, 4) is 0 Å². The third-order valence-electron chi connectivity index (χ3n) is 3.47. The molecule has 1 N–H and O–H groups in total. The molecule has 19 heavy (non-hydrogen) atoms. The minimum Gasteiger partial charge on any atom is -0.478 e. The molecule has 0 aliphatic rings. The average Bonchev–Trinajstić information content (AvgIpc) is 2.26. The Morgan fingerprint density at radius 3 is 2.37 bits per heavy atom. The van der Waals surface area contributed by atoms with Gasteiger partial charge in [0.05, 0.1) is 11.1 Å². The Hall–Kier alpha value is -1.90. The van der Waals surface area contributed by atoms with Gasteiger partial charge in [-0.3, -0.25) is 4.98 Å². The van der Waals surface area contributed by atoms with Crippen molar-refractivity contribution in [2.75, 3.05) is 0 Å². The molecule has 0 radical (unpaired) electrons. The molecule has 0 bridgehead atoms. The minimum atomic E-state index is -0.878. The summed E-state index contributed by atoms with van der Waals surface area (Å²) in [5.41, 5.74) is 4.93. The first-order chi connectivity index (χ1) is 8.82. The van der Waals surface area contributed by atoms with Gasteiger partial charge in [-0.25, -0.2) is 4.79 Å². The smallest absolute Gasteiger partial charge is 0.336 e. The van der Waals surface area contributed by atoms with Gasteiger partial charge in [-0.15, -0.1) is 0 Å². The summed E-state index contributed by atoms with van der Waals surface area (Å²) in [6.07, 6.45) is 0. The number of aromatic nitrogens is 1. The van der Waals surface area contributed by atoms with E-state index < -0.39 is 5.97 Å². The maximum atomic E-state index is 11.6. The van der Waals surface area contributed by atoms with Crippen LogP contribution in [0.1, 0.15) is 52.5 Å². The predicted molar refractivity (Wildman–Crippen MR) is 77.0 cm³/mol. The lowest BCUT2D eigenvalue weighted by Gasteiger charge is -2.15. The second kappa shape index (κ2) is 4.65. The molecule has 0 saturated carbocycles. The van der Waals surface area contributed by atoms with Crippen molar-refractivity contribution in [3.63, 3.8) is 0 Å². The van der Waals surface area contributed by atoms with Crippen LogP contribution in [0.5, 0.6) is 0 Å². The van der Waals surface area contributed by atoms with E-state index >= 15 is 0 Å². The quantitative estimate of drug-likeness (QED) is 0.885. The Kier molecular flexibility index (Phi) is 3.31. The van der Waals surface area contributed by atoms with Crippen molar-refractivity contribution < 1.29 is 9.90 Å². The number of nitrogens with zero attached hydrogens (tertiary/aromatic N) is 1. The lowest BCUT2D eigenvalue weighted by molar-refractivity contribution is 0.0698. The summed E-state index contributed by atoms with van der Waals surface area (Å²) in [5.74, 6) is -0.667. The first-order valence-corrected chi connectivity index (χ1v) is 6.47. The number of hydrogen-bond acceptors (Lipinski definition) is 2. The van der Waals surface area contributed by atoms with Crippen LogP contribution in [0.25, 0.3) is 10.9 Å². The van der Waals surface area contributed by atoms with Crippen molar-refractivity contribution >= 4 is 16.9 Å². The zero-order valence-corrected chi connectivity index (χ0v) is 12.0. The van der Waals surface area contributed by atoms with Gasteiger partial charge in [-0.1, -0.05) is 25.5 Å². The summed E-state index contributed by atoms with van der Waals surface area (Å²) in [7, 11) is 0. The number of aromatic carboxylic acids is 1. The summed E-state index contributed by atoms with van der Waals surface area (Å²) < 4.78 is 0. The molecule has 3 nitrogen and oxygen atoms in total. The molecule has 1 aromatic carbocycles. The highest BCUT2D eigenvalue weighted by Gasteiger charge is 2.19. The number of carboxylic acid groups (broad SMARTS) is 1. The van der Waals surface area contributed by atoms with Gasteiger partial charge in [-0.05, 0) is 43.9 Å². The lowest BCUT2D eigenvalue weighted by atomic mass is 9.94. The number of carboxylic acids is 1. The van der Waals surface area contributed by atoms with Gasteiger partial charge in [-0.2, -0.15) is 0 Å². The fourth-order valence-corrected chi connectivity index (χ4v) is 2.67. The van der Waals surface area contributed by atoms with Gasteiger partial charge in [0.2, 0.25) is 0 Å². The molecule has 0 fully saturated rings. The van der Waals surface area contributed by atoms with Crippen LogP contribution in [0.2, 0.25) is 0 Å². The first-order valence-electron chi connectivity index (χ1n) is 6.47. The third kappa shape index (κ3) is 2.21. The van der Waals surface area contributed by atoms with Gasteiger partial charge >= 0.3 is 5.97 Å². The van der Waals surface area contributed by atoms with Gasteiger partial charge in [0.25, 0.3) is 0 Å². The normalized spacial score (nSPS) is 11.3. The zero-order valence-electron chi connectivity index (χ0n) is 12.0. The Morgan fingerprint density at radius 2 is 1.84 bits per heavy atom. The molecule has 0 unspecified atom stereocenters. The molecule has 1 aromatic heterocycles. The largest absolute Gasteiger partial charge is 0.478 e. The molecule has 0 amide bonds. The average molecular weight is 257 g/mol. The van der Waals surface area contributed by atoms with E-state index in [9.17, 15) is 9.90 Å². The van der Waals surface area contributed by atoms with E-state index in [-0.39, 0.29) is 5.92 Å². The van der Waals surface area contributed by atoms with Crippen LogP contribution in [0, 0.1) is 20.8 Å². The maximum absolute atomic E-state index is 11.6. The zero-order chi connectivity index (χ0) is 14.3. The van der Waals surface area contributed by atoms with Crippen molar-refractivity contribution in [2.45, 2.75) is 40.5 Å². The third-order valence-corrected chi connectivity index (χ3v) is 3.47. The Labute approximate surface area is 113 Å². The number of pyridine rings is 1. The Balaban J connectivity index is 3.00. The molecular formula is C16H19NO2. The van der Waals surface area contributed by atoms with Crippen LogP contribution in [-0.2, 0) is 0 Å². The fourth-order valence-electron chi connectivity index (χ4n) is 2.67. The Bertz CT molecular complexity index is 672. The summed E-state index contributed by atoms with van der Waals surface area (Å²) in [6, 6.07) is 3.95. The van der Waals surface area contributed by atoms with Gasteiger partial charge in [0.15, 0.2) is 0 Å². The molecule has 0 aliphatic heterocycles. The monoisotopic (exact) mass is 257 g/mol. The second-order valence-electron chi connectivity index (χ2n) is 5.43. The van der Waals surface area contributed by atoms with Gasteiger partial charge in [0.1, 0.15) is 0 Å². The van der Waals surface area contributed by atoms with Crippen molar-refractivity contribution in [2.24, 2.45) is 0 Å². The number of hydrogen-bond donors (Lipinski definition) is 1. The van der Waals surface area contributed by atoms with E-state index in [0.717, 1.165) is 33.3 Å². The predicted octanol–water partition coefficient (Wildman–Crippen LogP) is 3.98. The van der Waals surface area contributed by atoms with Gasteiger partial charge in [0, 0.05) is 11.1 Å². The molecule has 2 rings (SSSR count). The van der Waals surface area contributed by atoms with E-state index in [4.69, 9.17) is 4.98 Å². The molecule has 0 aliphatic carbocycles. The Morgan fingerprint density at radius 1 is 1.21 bits per heavy atom. The minimum absolute atomic E-state index is 0.211. The molecule has 2 aromatic rings. The first kappa shape index (κ1) is 13.5. The van der Waals surface area contributed by atoms with Gasteiger partial charge < -0.3 is 5.11 Å².